The van der Waals surface area contributed by atoms with E-state index in [0.717, 1.165) is 9.80 Å². The maximum atomic E-state index is 12.8. The molecule has 2 aromatic carbocycles. The number of carboxylic acids is 1. The normalized spacial score (nSPS) is 22.5. The van der Waals surface area contributed by atoms with Gasteiger partial charge < -0.3 is 10.4 Å². The molecule has 33 heavy (non-hydrogen) atoms. The average Bonchev–Trinajstić information content (AvgIpc) is 3.07. The number of imide groups is 1. The minimum atomic E-state index is -0.978. The summed E-state index contributed by atoms with van der Waals surface area (Å²) in [5.41, 5.74) is 0.994. The summed E-state index contributed by atoms with van der Waals surface area (Å²) >= 11 is 7.27. The van der Waals surface area contributed by atoms with E-state index in [4.69, 9.17) is 11.6 Å². The summed E-state index contributed by atoms with van der Waals surface area (Å²) in [4.78, 5) is 51.3. The van der Waals surface area contributed by atoms with Crippen LogP contribution in [-0.4, -0.2) is 34.0 Å². The molecule has 3 amide bonds. The Hall–Kier alpha value is -3.10. The maximum absolute atomic E-state index is 12.8. The number of benzene rings is 2. The number of anilines is 2. The van der Waals surface area contributed by atoms with E-state index in [0.29, 0.717) is 29.2 Å². The van der Waals surface area contributed by atoms with Crippen LogP contribution in [0.4, 0.5) is 11.4 Å². The first-order valence-corrected chi connectivity index (χ1v) is 11.7. The lowest BCUT2D eigenvalue weighted by Crippen LogP contribution is -2.34. The van der Waals surface area contributed by atoms with Crippen LogP contribution in [0.25, 0.3) is 0 Å². The van der Waals surface area contributed by atoms with Gasteiger partial charge in [0.25, 0.3) is 0 Å². The molecule has 1 saturated heterocycles. The third kappa shape index (κ3) is 5.12. The number of nitrogens with zero attached hydrogens (tertiary/aromatic N) is 1. The van der Waals surface area contributed by atoms with E-state index < -0.39 is 23.1 Å². The largest absolute Gasteiger partial charge is 0.481 e. The highest BCUT2D eigenvalue weighted by molar-refractivity contribution is 8.00. The lowest BCUT2D eigenvalue weighted by atomic mass is 9.82. The van der Waals surface area contributed by atoms with Crippen LogP contribution in [0.5, 0.6) is 0 Å². The van der Waals surface area contributed by atoms with Gasteiger partial charge >= 0.3 is 5.97 Å². The number of aliphatic carboxylic acids is 1. The van der Waals surface area contributed by atoms with Crippen molar-refractivity contribution in [3.8, 4) is 0 Å². The molecule has 2 aromatic rings. The molecule has 170 valence electrons. The van der Waals surface area contributed by atoms with Gasteiger partial charge in [0.05, 0.1) is 22.8 Å². The number of halogens is 1. The maximum Gasteiger partial charge on any atom is 0.307 e. The first-order chi connectivity index (χ1) is 15.8. The lowest BCUT2D eigenvalue weighted by Gasteiger charge is -2.24. The van der Waals surface area contributed by atoms with Crippen LogP contribution < -0.4 is 10.2 Å². The quantitative estimate of drug-likeness (QED) is 0.466. The molecule has 2 N–H and O–H groups in total. The predicted octanol–water partition coefficient (Wildman–Crippen LogP) is 4.37. The van der Waals surface area contributed by atoms with Crippen molar-refractivity contribution < 1.29 is 24.3 Å². The second-order valence-electron chi connectivity index (χ2n) is 7.87. The number of nitrogens with one attached hydrogen (secondary N) is 1. The van der Waals surface area contributed by atoms with E-state index in [1.807, 2.05) is 6.08 Å². The Labute approximate surface area is 199 Å². The number of carbonyl (C=O) groups is 4. The molecular weight excluding hydrogens is 464 g/mol. The Morgan fingerprint density at radius 3 is 2.39 bits per heavy atom. The van der Waals surface area contributed by atoms with Gasteiger partial charge in [-0.1, -0.05) is 29.8 Å². The van der Waals surface area contributed by atoms with Crippen LogP contribution in [0.1, 0.15) is 19.3 Å². The van der Waals surface area contributed by atoms with Crippen molar-refractivity contribution in [1.82, 2.24) is 0 Å². The molecule has 0 saturated carbocycles. The number of amides is 3. The van der Waals surface area contributed by atoms with Gasteiger partial charge in [-0.3, -0.25) is 19.2 Å². The first-order valence-electron chi connectivity index (χ1n) is 10.4. The molecule has 1 heterocycles. The third-order valence-corrected chi connectivity index (χ3v) is 7.09. The fourth-order valence-corrected chi connectivity index (χ4v) is 5.21. The second-order valence-corrected chi connectivity index (χ2v) is 9.58. The highest BCUT2D eigenvalue weighted by Gasteiger charge is 2.40. The molecule has 1 aliphatic heterocycles. The van der Waals surface area contributed by atoms with Gasteiger partial charge in [-0.05, 0) is 55.3 Å². The van der Waals surface area contributed by atoms with E-state index in [1.165, 1.54) is 11.8 Å². The zero-order valence-corrected chi connectivity index (χ0v) is 19.0. The summed E-state index contributed by atoms with van der Waals surface area (Å²) in [6, 6.07) is 13.5. The number of hydrogen-bond acceptors (Lipinski definition) is 5. The Bertz CT molecular complexity index is 1130. The molecule has 1 fully saturated rings. The number of allylic oxidation sites excluding steroid dienone is 2. The van der Waals surface area contributed by atoms with Crippen molar-refractivity contribution in [1.29, 1.82) is 0 Å². The van der Waals surface area contributed by atoms with Crippen molar-refractivity contribution in [3.05, 3.63) is 65.7 Å². The van der Waals surface area contributed by atoms with E-state index >= 15 is 0 Å². The fourth-order valence-electron chi connectivity index (χ4n) is 3.98. The van der Waals surface area contributed by atoms with Gasteiger partial charge in [0.2, 0.25) is 17.7 Å². The van der Waals surface area contributed by atoms with Gasteiger partial charge in [-0.25, -0.2) is 4.90 Å². The van der Waals surface area contributed by atoms with Crippen molar-refractivity contribution in [3.63, 3.8) is 0 Å². The van der Waals surface area contributed by atoms with Gasteiger partial charge in [0.15, 0.2) is 0 Å². The minimum Gasteiger partial charge on any atom is -0.481 e. The van der Waals surface area contributed by atoms with E-state index in [1.54, 1.807) is 54.6 Å². The topological polar surface area (TPSA) is 104 Å². The van der Waals surface area contributed by atoms with Crippen LogP contribution >= 0.6 is 23.4 Å². The molecule has 4 rings (SSSR count). The van der Waals surface area contributed by atoms with Crippen molar-refractivity contribution in [2.24, 2.45) is 11.8 Å². The van der Waals surface area contributed by atoms with Crippen LogP contribution in [0.2, 0.25) is 5.02 Å². The Morgan fingerprint density at radius 2 is 1.73 bits per heavy atom. The molecule has 0 aromatic heterocycles. The third-order valence-electron chi connectivity index (χ3n) is 5.66. The average molecular weight is 485 g/mol. The van der Waals surface area contributed by atoms with E-state index in [9.17, 15) is 24.3 Å². The van der Waals surface area contributed by atoms with Crippen molar-refractivity contribution in [2.45, 2.75) is 29.4 Å². The van der Waals surface area contributed by atoms with Crippen LogP contribution in [0, 0.1) is 11.8 Å². The molecule has 9 heteroatoms. The highest BCUT2D eigenvalue weighted by atomic mass is 35.5. The summed E-state index contributed by atoms with van der Waals surface area (Å²) in [6.45, 7) is 0. The Morgan fingerprint density at radius 1 is 1.03 bits per heavy atom. The SMILES string of the molecule is O=C(Nc1ccc(S[C@H]2CC(=O)N(c3cccc(Cl)c3)C2=O)cc1)[C@H]1CC=CC[C@H]1C(=O)O. The van der Waals surface area contributed by atoms with Crippen LogP contribution in [-0.2, 0) is 19.2 Å². The predicted molar refractivity (Wildman–Crippen MR) is 126 cm³/mol. The van der Waals surface area contributed by atoms with E-state index in [2.05, 4.69) is 5.32 Å². The molecule has 1 aliphatic carbocycles. The molecule has 3 atom stereocenters. The molecule has 0 spiro atoms. The molecular formula is C24H21ClN2O5S. The second kappa shape index (κ2) is 9.80. The van der Waals surface area contributed by atoms with Crippen LogP contribution in [0.3, 0.4) is 0 Å². The number of hydrogen-bond donors (Lipinski definition) is 2. The summed E-state index contributed by atoms with van der Waals surface area (Å²) in [6.07, 6.45) is 4.43. The smallest absolute Gasteiger partial charge is 0.307 e. The monoisotopic (exact) mass is 484 g/mol. The van der Waals surface area contributed by atoms with Crippen LogP contribution in [0.15, 0.2) is 65.6 Å². The minimum absolute atomic E-state index is 0.0836. The van der Waals surface area contributed by atoms with Gasteiger partial charge in [-0.15, -0.1) is 11.8 Å². The summed E-state index contributed by atoms with van der Waals surface area (Å²) in [5, 5.41) is 12.0. The molecule has 0 bridgehead atoms. The lowest BCUT2D eigenvalue weighted by molar-refractivity contribution is -0.146. The first kappa shape index (κ1) is 23.1. The molecule has 2 aliphatic rings. The zero-order valence-electron chi connectivity index (χ0n) is 17.4. The number of thioether (sulfide) groups is 1. The molecule has 0 unspecified atom stereocenters. The molecule has 7 nitrogen and oxygen atoms in total. The highest BCUT2D eigenvalue weighted by Crippen LogP contribution is 2.35. The van der Waals surface area contributed by atoms with Gasteiger partial charge in [-0.2, -0.15) is 0 Å². The Kier molecular flexibility index (Phi) is 6.85. The summed E-state index contributed by atoms with van der Waals surface area (Å²) in [7, 11) is 0. The summed E-state index contributed by atoms with van der Waals surface area (Å²) in [5.74, 6) is -3.25. The number of carboxylic acid groups (broad SMARTS) is 1. The van der Waals surface area contributed by atoms with Gasteiger partial charge in [0, 0.05) is 22.0 Å². The molecule has 0 radical (unpaired) electrons. The number of carbonyl (C=O) groups excluding carboxylic acids is 3. The van der Waals surface area contributed by atoms with Crippen molar-refractivity contribution in [2.75, 3.05) is 10.2 Å². The standard InChI is InChI=1S/C24H21ClN2O5S/c25-14-4-3-5-16(12-14)27-21(28)13-20(23(27)30)33-17-10-8-15(9-11-17)26-22(29)18-6-1-2-7-19(18)24(31)32/h1-5,8-12,18-20H,6-7,13H2,(H,26,29)(H,31,32)/t18-,19+,20-/m0/s1. The van der Waals surface area contributed by atoms with Gasteiger partial charge in [0.1, 0.15) is 0 Å². The van der Waals surface area contributed by atoms with E-state index in [-0.39, 0.29) is 24.1 Å². The number of rotatable bonds is 6. The zero-order chi connectivity index (χ0) is 23.5. The summed E-state index contributed by atoms with van der Waals surface area (Å²) < 4.78 is 0. The fraction of sp³-hybridized carbons (Fsp3) is 0.250. The Balaban J connectivity index is 1.39. The van der Waals surface area contributed by atoms with Crippen molar-refractivity contribution >= 4 is 58.4 Å².